The number of anilines is 3. The molecule has 6 nitrogen and oxygen atoms in total. The first-order chi connectivity index (χ1) is 13.1. The van der Waals surface area contributed by atoms with Crippen LogP contribution >= 0.6 is 0 Å². The second kappa shape index (κ2) is 8.23. The summed E-state index contributed by atoms with van der Waals surface area (Å²) < 4.78 is 10.4. The van der Waals surface area contributed by atoms with Crippen LogP contribution in [0, 0.1) is 0 Å². The molecule has 0 unspecified atom stereocenters. The average Bonchev–Trinajstić information content (AvgIpc) is 2.73. The molecule has 0 bridgehead atoms. The zero-order chi connectivity index (χ0) is 19.2. The zero-order valence-corrected chi connectivity index (χ0v) is 15.5. The van der Waals surface area contributed by atoms with Gasteiger partial charge in [-0.3, -0.25) is 4.79 Å². The third kappa shape index (κ3) is 4.17. The lowest BCUT2D eigenvalue weighted by Gasteiger charge is -2.18. The fourth-order valence-corrected chi connectivity index (χ4v) is 2.62. The van der Waals surface area contributed by atoms with Crippen molar-refractivity contribution in [2.45, 2.75) is 0 Å². The van der Waals surface area contributed by atoms with Gasteiger partial charge >= 0.3 is 0 Å². The van der Waals surface area contributed by atoms with E-state index in [1.807, 2.05) is 54.4 Å². The summed E-state index contributed by atoms with van der Waals surface area (Å²) in [7, 11) is 5.03. The number of hydrogen-bond donors (Lipinski definition) is 1. The Morgan fingerprint density at radius 2 is 1.70 bits per heavy atom. The Hall–Kier alpha value is -3.54. The van der Waals surface area contributed by atoms with E-state index in [2.05, 4.69) is 10.3 Å². The molecular formula is C21H21N3O3. The van der Waals surface area contributed by atoms with Crippen LogP contribution in [-0.2, 0) is 0 Å². The van der Waals surface area contributed by atoms with Crippen molar-refractivity contribution in [3.63, 3.8) is 0 Å². The molecule has 1 N–H and O–H groups in total. The normalized spacial score (nSPS) is 10.2. The van der Waals surface area contributed by atoms with Gasteiger partial charge in [-0.1, -0.05) is 18.2 Å². The van der Waals surface area contributed by atoms with Gasteiger partial charge < -0.3 is 19.7 Å². The number of amides is 1. The van der Waals surface area contributed by atoms with Gasteiger partial charge in [0.1, 0.15) is 5.82 Å². The van der Waals surface area contributed by atoms with Crippen molar-refractivity contribution in [3.8, 4) is 11.5 Å². The summed E-state index contributed by atoms with van der Waals surface area (Å²) in [6.45, 7) is 0. The monoisotopic (exact) mass is 363 g/mol. The summed E-state index contributed by atoms with van der Waals surface area (Å²) in [4.78, 5) is 18.9. The van der Waals surface area contributed by atoms with E-state index in [1.54, 1.807) is 31.5 Å². The van der Waals surface area contributed by atoms with E-state index in [9.17, 15) is 4.79 Å². The minimum Gasteiger partial charge on any atom is -0.493 e. The third-order valence-corrected chi connectivity index (χ3v) is 4.14. The topological polar surface area (TPSA) is 63.7 Å². The molecule has 0 aliphatic rings. The first kappa shape index (κ1) is 18.3. The molecule has 0 atom stereocenters. The van der Waals surface area contributed by atoms with Gasteiger partial charge in [-0.05, 0) is 42.5 Å². The van der Waals surface area contributed by atoms with Crippen LogP contribution in [0.3, 0.4) is 0 Å². The lowest BCUT2D eigenvalue weighted by Crippen LogP contribution is -2.14. The largest absolute Gasteiger partial charge is 0.493 e. The molecule has 1 heterocycles. The van der Waals surface area contributed by atoms with Crippen molar-refractivity contribution >= 4 is 23.1 Å². The van der Waals surface area contributed by atoms with Crippen molar-refractivity contribution in [2.75, 3.05) is 31.5 Å². The molecule has 0 aliphatic carbocycles. The molecule has 0 fully saturated rings. The number of methoxy groups -OCH3 is 2. The van der Waals surface area contributed by atoms with E-state index in [4.69, 9.17) is 9.47 Å². The van der Waals surface area contributed by atoms with Gasteiger partial charge in [-0.25, -0.2) is 4.98 Å². The lowest BCUT2D eigenvalue weighted by atomic mass is 10.2. The Labute approximate surface area is 158 Å². The highest BCUT2D eigenvalue weighted by Crippen LogP contribution is 2.28. The van der Waals surface area contributed by atoms with Crippen LogP contribution in [-0.4, -0.2) is 32.2 Å². The highest BCUT2D eigenvalue weighted by molar-refractivity contribution is 6.04. The Morgan fingerprint density at radius 1 is 0.963 bits per heavy atom. The molecule has 3 aromatic rings. The van der Waals surface area contributed by atoms with E-state index in [0.717, 1.165) is 11.5 Å². The van der Waals surface area contributed by atoms with Crippen LogP contribution in [0.1, 0.15) is 10.4 Å². The van der Waals surface area contributed by atoms with Crippen LogP contribution in [0.4, 0.5) is 17.2 Å². The van der Waals surface area contributed by atoms with Gasteiger partial charge in [0.15, 0.2) is 11.5 Å². The molecular weight excluding hydrogens is 342 g/mol. The number of hydrogen-bond acceptors (Lipinski definition) is 5. The fourth-order valence-electron chi connectivity index (χ4n) is 2.62. The van der Waals surface area contributed by atoms with E-state index >= 15 is 0 Å². The highest BCUT2D eigenvalue weighted by atomic mass is 16.5. The first-order valence-corrected chi connectivity index (χ1v) is 8.40. The number of pyridine rings is 1. The maximum Gasteiger partial charge on any atom is 0.255 e. The second-order valence-corrected chi connectivity index (χ2v) is 5.82. The van der Waals surface area contributed by atoms with Crippen LogP contribution in [0.5, 0.6) is 11.5 Å². The number of carbonyl (C=O) groups excluding carboxylic acids is 1. The zero-order valence-electron chi connectivity index (χ0n) is 15.5. The maximum atomic E-state index is 12.5. The van der Waals surface area contributed by atoms with Crippen LogP contribution in [0.15, 0.2) is 66.9 Å². The Kier molecular flexibility index (Phi) is 5.56. The molecule has 6 heteroatoms. The van der Waals surface area contributed by atoms with Gasteiger partial charge in [-0.15, -0.1) is 0 Å². The lowest BCUT2D eigenvalue weighted by molar-refractivity contribution is 0.102. The average molecular weight is 363 g/mol. The van der Waals surface area contributed by atoms with Crippen LogP contribution < -0.4 is 19.7 Å². The molecule has 0 spiro atoms. The molecule has 0 saturated heterocycles. The second-order valence-electron chi connectivity index (χ2n) is 5.82. The summed E-state index contributed by atoms with van der Waals surface area (Å²) in [6, 6.07) is 18.6. The van der Waals surface area contributed by atoms with Crippen molar-refractivity contribution in [3.05, 3.63) is 72.4 Å². The van der Waals surface area contributed by atoms with Gasteiger partial charge in [0.25, 0.3) is 5.91 Å². The molecule has 1 amide bonds. The predicted molar refractivity (Wildman–Crippen MR) is 106 cm³/mol. The first-order valence-electron chi connectivity index (χ1n) is 8.40. The van der Waals surface area contributed by atoms with E-state index in [-0.39, 0.29) is 5.91 Å². The number of para-hydroxylation sites is 1. The quantitative estimate of drug-likeness (QED) is 0.714. The minimum atomic E-state index is -0.248. The standard InChI is InChI=1S/C21H21N3O3/c1-24(17-7-5-4-6-8-17)20-12-10-16(14-22-20)23-21(25)15-9-11-18(26-2)19(13-15)27-3/h4-14H,1-3H3,(H,23,25). The molecule has 0 radical (unpaired) electrons. The number of benzene rings is 2. The molecule has 2 aromatic carbocycles. The molecule has 0 aliphatic heterocycles. The molecule has 27 heavy (non-hydrogen) atoms. The summed E-state index contributed by atoms with van der Waals surface area (Å²) in [6.07, 6.45) is 1.63. The predicted octanol–water partition coefficient (Wildman–Crippen LogP) is 4.12. The van der Waals surface area contributed by atoms with Gasteiger partial charge in [-0.2, -0.15) is 0 Å². The van der Waals surface area contributed by atoms with Crippen molar-refractivity contribution in [1.82, 2.24) is 4.98 Å². The smallest absolute Gasteiger partial charge is 0.255 e. The minimum absolute atomic E-state index is 0.248. The van der Waals surface area contributed by atoms with Gasteiger partial charge in [0.05, 0.1) is 26.1 Å². The molecule has 1 aromatic heterocycles. The summed E-state index contributed by atoms with van der Waals surface area (Å²) in [5, 5.41) is 2.84. The highest BCUT2D eigenvalue weighted by Gasteiger charge is 2.12. The Balaban J connectivity index is 1.72. The number of aromatic nitrogens is 1. The maximum absolute atomic E-state index is 12.5. The van der Waals surface area contributed by atoms with Gasteiger partial charge in [0.2, 0.25) is 0 Å². The molecule has 0 saturated carbocycles. The van der Waals surface area contributed by atoms with E-state index < -0.39 is 0 Å². The fraction of sp³-hybridized carbons (Fsp3) is 0.143. The number of carbonyl (C=O) groups is 1. The van der Waals surface area contributed by atoms with Crippen LogP contribution in [0.25, 0.3) is 0 Å². The molecule has 138 valence electrons. The van der Waals surface area contributed by atoms with Crippen molar-refractivity contribution in [2.24, 2.45) is 0 Å². The number of nitrogens with zero attached hydrogens (tertiary/aromatic N) is 2. The number of ether oxygens (including phenoxy) is 2. The number of nitrogens with one attached hydrogen (secondary N) is 1. The van der Waals surface area contributed by atoms with Crippen molar-refractivity contribution < 1.29 is 14.3 Å². The summed E-state index contributed by atoms with van der Waals surface area (Å²) in [5.41, 5.74) is 2.12. The SMILES string of the molecule is COc1ccc(C(=O)Nc2ccc(N(C)c3ccccc3)nc2)cc1OC. The van der Waals surface area contributed by atoms with Crippen LogP contribution in [0.2, 0.25) is 0 Å². The third-order valence-electron chi connectivity index (χ3n) is 4.14. The number of rotatable bonds is 6. The van der Waals surface area contributed by atoms with Crippen molar-refractivity contribution in [1.29, 1.82) is 0 Å². The van der Waals surface area contributed by atoms with E-state index in [1.165, 1.54) is 7.11 Å². The summed E-state index contributed by atoms with van der Waals surface area (Å²) in [5.74, 6) is 1.61. The summed E-state index contributed by atoms with van der Waals surface area (Å²) >= 11 is 0. The Bertz CT molecular complexity index is 912. The molecule has 3 rings (SSSR count). The van der Waals surface area contributed by atoms with E-state index in [0.29, 0.717) is 22.7 Å². The Morgan fingerprint density at radius 3 is 2.33 bits per heavy atom. The van der Waals surface area contributed by atoms with Gasteiger partial charge in [0, 0.05) is 18.3 Å².